The summed E-state index contributed by atoms with van der Waals surface area (Å²) in [5, 5.41) is 3.53. The molecule has 0 bridgehead atoms. The van der Waals surface area contributed by atoms with Gasteiger partial charge in [-0.05, 0) is 44.4 Å². The Bertz CT molecular complexity index is 709. The van der Waals surface area contributed by atoms with Crippen molar-refractivity contribution in [1.29, 1.82) is 0 Å². The number of ether oxygens (including phenoxy) is 1. The summed E-state index contributed by atoms with van der Waals surface area (Å²) in [7, 11) is 1.55. The summed E-state index contributed by atoms with van der Waals surface area (Å²) in [6, 6.07) is 7.29. The second kappa shape index (κ2) is 7.78. The molecule has 5 nitrogen and oxygen atoms in total. The number of nitrogens with one attached hydrogen (secondary N) is 1. The van der Waals surface area contributed by atoms with Crippen LogP contribution in [-0.2, 0) is 6.54 Å². The van der Waals surface area contributed by atoms with Crippen LogP contribution in [0.1, 0.15) is 29.9 Å². The van der Waals surface area contributed by atoms with E-state index >= 15 is 0 Å². The molecule has 0 radical (unpaired) electrons. The summed E-state index contributed by atoms with van der Waals surface area (Å²) in [4.78, 5) is 11.2. The number of hydrogen-bond donors (Lipinski definition) is 1. The van der Waals surface area contributed by atoms with Gasteiger partial charge < -0.3 is 15.0 Å². The average Bonchev–Trinajstić information content (AvgIpc) is 2.59. The molecule has 134 valence electrons. The SMILES string of the molecule is COc1cc(F)cc(CNC2CCN(c3cc(C)nc(C)n3)CC2)c1. The second-order valence-corrected chi connectivity index (χ2v) is 6.56. The lowest BCUT2D eigenvalue weighted by Gasteiger charge is -2.33. The summed E-state index contributed by atoms with van der Waals surface area (Å²) >= 11 is 0. The average molecular weight is 344 g/mol. The van der Waals surface area contributed by atoms with Crippen LogP contribution >= 0.6 is 0 Å². The van der Waals surface area contributed by atoms with Crippen molar-refractivity contribution in [3.63, 3.8) is 0 Å². The zero-order valence-corrected chi connectivity index (χ0v) is 15.1. The van der Waals surface area contributed by atoms with Crippen LogP contribution in [0, 0.1) is 19.7 Å². The Labute approximate surface area is 148 Å². The van der Waals surface area contributed by atoms with Crippen molar-refractivity contribution in [2.45, 2.75) is 39.3 Å². The van der Waals surface area contributed by atoms with Crippen molar-refractivity contribution < 1.29 is 9.13 Å². The maximum absolute atomic E-state index is 13.6. The number of benzene rings is 1. The van der Waals surface area contributed by atoms with E-state index in [1.807, 2.05) is 26.0 Å². The molecule has 1 aliphatic heterocycles. The van der Waals surface area contributed by atoms with Crippen LogP contribution in [0.2, 0.25) is 0 Å². The van der Waals surface area contributed by atoms with Gasteiger partial charge in [0, 0.05) is 43.5 Å². The van der Waals surface area contributed by atoms with Gasteiger partial charge in [0.05, 0.1) is 7.11 Å². The Morgan fingerprint density at radius 1 is 1.16 bits per heavy atom. The molecule has 0 spiro atoms. The Morgan fingerprint density at radius 3 is 2.60 bits per heavy atom. The van der Waals surface area contributed by atoms with Crippen LogP contribution < -0.4 is 15.0 Å². The van der Waals surface area contributed by atoms with E-state index in [4.69, 9.17) is 4.74 Å². The molecule has 1 fully saturated rings. The van der Waals surface area contributed by atoms with E-state index in [1.165, 1.54) is 6.07 Å². The van der Waals surface area contributed by atoms with Crippen molar-refractivity contribution in [1.82, 2.24) is 15.3 Å². The number of rotatable bonds is 5. The first kappa shape index (κ1) is 17.6. The minimum absolute atomic E-state index is 0.263. The van der Waals surface area contributed by atoms with E-state index in [1.54, 1.807) is 13.2 Å². The molecule has 1 aromatic heterocycles. The number of hydrogen-bond acceptors (Lipinski definition) is 5. The van der Waals surface area contributed by atoms with Crippen LogP contribution in [0.15, 0.2) is 24.3 Å². The van der Waals surface area contributed by atoms with E-state index in [-0.39, 0.29) is 5.82 Å². The van der Waals surface area contributed by atoms with E-state index in [2.05, 4.69) is 20.2 Å². The summed E-state index contributed by atoms with van der Waals surface area (Å²) in [6.45, 7) is 6.49. The molecule has 0 atom stereocenters. The number of aromatic nitrogens is 2. The second-order valence-electron chi connectivity index (χ2n) is 6.56. The van der Waals surface area contributed by atoms with E-state index in [0.717, 1.165) is 48.8 Å². The van der Waals surface area contributed by atoms with Crippen LogP contribution in [0.4, 0.5) is 10.2 Å². The molecule has 1 aliphatic rings. The number of anilines is 1. The number of aryl methyl sites for hydroxylation is 2. The number of methoxy groups -OCH3 is 1. The number of nitrogens with zero attached hydrogens (tertiary/aromatic N) is 3. The first-order chi connectivity index (χ1) is 12.0. The highest BCUT2D eigenvalue weighted by Gasteiger charge is 2.20. The lowest BCUT2D eigenvalue weighted by Crippen LogP contribution is -2.42. The van der Waals surface area contributed by atoms with Gasteiger partial charge in [-0.2, -0.15) is 0 Å². The zero-order chi connectivity index (χ0) is 17.8. The Kier molecular flexibility index (Phi) is 5.48. The molecule has 0 saturated carbocycles. The van der Waals surface area contributed by atoms with E-state index in [0.29, 0.717) is 18.3 Å². The molecule has 1 saturated heterocycles. The van der Waals surface area contributed by atoms with E-state index < -0.39 is 0 Å². The number of halogens is 1. The lowest BCUT2D eigenvalue weighted by molar-refractivity contribution is 0.403. The highest BCUT2D eigenvalue weighted by Crippen LogP contribution is 2.20. The third-order valence-electron chi connectivity index (χ3n) is 4.53. The normalized spacial score (nSPS) is 15.4. The minimum Gasteiger partial charge on any atom is -0.497 e. The van der Waals surface area contributed by atoms with Gasteiger partial charge in [0.15, 0.2) is 0 Å². The molecule has 2 aromatic rings. The third-order valence-corrected chi connectivity index (χ3v) is 4.53. The standard InChI is InChI=1S/C19H25FN4O/c1-13-8-19(23-14(2)22-13)24-6-4-17(5-7-24)21-12-15-9-16(20)11-18(10-15)25-3/h8-11,17,21H,4-7,12H2,1-3H3. The maximum Gasteiger partial charge on any atom is 0.132 e. The van der Waals surface area contributed by atoms with Crippen molar-refractivity contribution in [2.24, 2.45) is 0 Å². The summed E-state index contributed by atoms with van der Waals surface area (Å²) < 4.78 is 18.7. The molecule has 2 heterocycles. The van der Waals surface area contributed by atoms with Crippen molar-refractivity contribution in [3.8, 4) is 5.75 Å². The van der Waals surface area contributed by atoms with E-state index in [9.17, 15) is 4.39 Å². The molecule has 0 aliphatic carbocycles. The van der Waals surface area contributed by atoms with Crippen molar-refractivity contribution in [3.05, 3.63) is 47.2 Å². The molecule has 25 heavy (non-hydrogen) atoms. The van der Waals surface area contributed by atoms with Crippen LogP contribution in [-0.4, -0.2) is 36.2 Å². The highest BCUT2D eigenvalue weighted by molar-refractivity contribution is 5.40. The fourth-order valence-electron chi connectivity index (χ4n) is 3.27. The van der Waals surface area contributed by atoms with Crippen molar-refractivity contribution >= 4 is 5.82 Å². The van der Waals surface area contributed by atoms with Gasteiger partial charge in [-0.25, -0.2) is 14.4 Å². The molecule has 3 rings (SSSR count). The van der Waals surface area contributed by atoms with Crippen molar-refractivity contribution in [2.75, 3.05) is 25.1 Å². The van der Waals surface area contributed by atoms with Gasteiger partial charge in [-0.1, -0.05) is 0 Å². The summed E-state index contributed by atoms with van der Waals surface area (Å²) in [5.74, 6) is 2.12. The maximum atomic E-state index is 13.6. The Balaban J connectivity index is 1.53. The van der Waals surface area contributed by atoms with Gasteiger partial charge in [0.1, 0.15) is 23.2 Å². The molecule has 6 heteroatoms. The van der Waals surface area contributed by atoms with Crippen LogP contribution in [0.3, 0.4) is 0 Å². The predicted molar refractivity (Wildman–Crippen MR) is 96.5 cm³/mol. The minimum atomic E-state index is -0.263. The summed E-state index contributed by atoms with van der Waals surface area (Å²) in [5.41, 5.74) is 1.91. The lowest BCUT2D eigenvalue weighted by atomic mass is 10.0. The molecule has 1 N–H and O–H groups in total. The van der Waals surface area contributed by atoms with Gasteiger partial charge in [0.2, 0.25) is 0 Å². The van der Waals surface area contributed by atoms with Gasteiger partial charge >= 0.3 is 0 Å². The Morgan fingerprint density at radius 2 is 1.92 bits per heavy atom. The van der Waals surface area contributed by atoms with Crippen LogP contribution in [0.5, 0.6) is 5.75 Å². The monoisotopic (exact) mass is 344 g/mol. The predicted octanol–water partition coefficient (Wildman–Crippen LogP) is 3.00. The van der Waals surface area contributed by atoms with Gasteiger partial charge in [0.25, 0.3) is 0 Å². The molecule has 1 aromatic carbocycles. The third kappa shape index (κ3) is 4.66. The smallest absolute Gasteiger partial charge is 0.132 e. The topological polar surface area (TPSA) is 50.3 Å². The highest BCUT2D eigenvalue weighted by atomic mass is 19.1. The Hall–Kier alpha value is -2.21. The molecular formula is C19H25FN4O. The molecular weight excluding hydrogens is 319 g/mol. The first-order valence-corrected chi connectivity index (χ1v) is 8.67. The number of piperidine rings is 1. The fraction of sp³-hybridized carbons (Fsp3) is 0.474. The molecule has 0 unspecified atom stereocenters. The van der Waals surface area contributed by atoms with Gasteiger partial charge in [-0.3, -0.25) is 0 Å². The first-order valence-electron chi connectivity index (χ1n) is 8.67. The summed E-state index contributed by atoms with van der Waals surface area (Å²) in [6.07, 6.45) is 2.07. The van der Waals surface area contributed by atoms with Gasteiger partial charge in [-0.15, -0.1) is 0 Å². The largest absolute Gasteiger partial charge is 0.497 e. The van der Waals surface area contributed by atoms with Crippen LogP contribution in [0.25, 0.3) is 0 Å². The zero-order valence-electron chi connectivity index (χ0n) is 15.1. The quantitative estimate of drug-likeness (QED) is 0.904. The fourth-order valence-corrected chi connectivity index (χ4v) is 3.27. The molecule has 0 amide bonds.